The molecule has 1 rings (SSSR count). The first-order valence-corrected chi connectivity index (χ1v) is 7.01. The van der Waals surface area contributed by atoms with Crippen LogP contribution in [0.4, 0.5) is 0 Å². The van der Waals surface area contributed by atoms with Gasteiger partial charge in [-0.1, -0.05) is 30.7 Å². The second-order valence-electron chi connectivity index (χ2n) is 4.94. The number of likely N-dealkylation sites (N-methyl/N-ethyl adjacent to an activating group) is 1. The van der Waals surface area contributed by atoms with Crippen LogP contribution in [0, 0.1) is 0 Å². The van der Waals surface area contributed by atoms with Crippen LogP contribution in [0.5, 0.6) is 0 Å². The lowest BCUT2D eigenvalue weighted by Gasteiger charge is -2.30. The number of carbonyl (C=O) groups excluding carboxylic acids is 1. The summed E-state index contributed by atoms with van der Waals surface area (Å²) in [5, 5.41) is 3.74. The van der Waals surface area contributed by atoms with E-state index in [2.05, 4.69) is 19.2 Å². The summed E-state index contributed by atoms with van der Waals surface area (Å²) in [6.45, 7) is 4.93. The topological polar surface area (TPSA) is 32.3 Å². The summed E-state index contributed by atoms with van der Waals surface area (Å²) >= 11 is 5.89. The van der Waals surface area contributed by atoms with Gasteiger partial charge >= 0.3 is 0 Å². The van der Waals surface area contributed by atoms with Gasteiger partial charge in [-0.25, -0.2) is 0 Å². The largest absolute Gasteiger partial charge is 0.342 e. The Morgan fingerprint density at radius 2 is 1.89 bits per heavy atom. The lowest BCUT2D eigenvalue weighted by molar-refractivity contribution is -0.131. The molecule has 1 aromatic rings. The van der Waals surface area contributed by atoms with Crippen molar-refractivity contribution < 1.29 is 4.79 Å². The predicted molar refractivity (Wildman–Crippen MR) is 80.6 cm³/mol. The molecule has 0 saturated carbocycles. The fraction of sp³-hybridized carbons (Fsp3) is 0.533. The Morgan fingerprint density at radius 3 is 2.42 bits per heavy atom. The molecule has 1 N–H and O–H groups in total. The molecule has 106 valence electrons. The Morgan fingerprint density at radius 1 is 1.32 bits per heavy atom. The van der Waals surface area contributed by atoms with Gasteiger partial charge in [-0.3, -0.25) is 4.79 Å². The maximum atomic E-state index is 12.0. The van der Waals surface area contributed by atoms with Gasteiger partial charge in [-0.15, -0.1) is 0 Å². The standard InChI is InChI=1S/C15H23ClN2O/c1-11(13-5-7-14(16)8-6-13)12(2)18(4)15(19)9-10-17-3/h5-8,11-12,17H,9-10H2,1-4H3. The van der Waals surface area contributed by atoms with Crippen LogP contribution in [0.15, 0.2) is 24.3 Å². The van der Waals surface area contributed by atoms with E-state index in [1.807, 2.05) is 43.3 Å². The second kappa shape index (κ2) is 7.51. The number of rotatable bonds is 6. The van der Waals surface area contributed by atoms with Gasteiger partial charge in [0.15, 0.2) is 0 Å². The highest BCUT2D eigenvalue weighted by Crippen LogP contribution is 2.24. The lowest BCUT2D eigenvalue weighted by atomic mass is 9.93. The molecule has 0 aromatic heterocycles. The average molecular weight is 283 g/mol. The van der Waals surface area contributed by atoms with Crippen LogP contribution in [0.2, 0.25) is 5.02 Å². The summed E-state index contributed by atoms with van der Waals surface area (Å²) in [5.41, 5.74) is 1.20. The maximum Gasteiger partial charge on any atom is 0.223 e. The lowest BCUT2D eigenvalue weighted by Crippen LogP contribution is -2.39. The molecule has 3 nitrogen and oxygen atoms in total. The molecule has 0 heterocycles. The highest BCUT2D eigenvalue weighted by Gasteiger charge is 2.21. The molecule has 0 aliphatic carbocycles. The first-order valence-electron chi connectivity index (χ1n) is 6.63. The molecule has 1 amide bonds. The van der Waals surface area contributed by atoms with Gasteiger partial charge in [-0.05, 0) is 31.7 Å². The molecule has 1 aromatic carbocycles. The normalized spacial score (nSPS) is 13.9. The SMILES string of the molecule is CNCCC(=O)N(C)C(C)C(C)c1ccc(Cl)cc1. The van der Waals surface area contributed by atoms with Gasteiger partial charge in [0.25, 0.3) is 0 Å². The smallest absolute Gasteiger partial charge is 0.223 e. The molecule has 0 aliphatic rings. The van der Waals surface area contributed by atoms with Crippen molar-refractivity contribution in [3.8, 4) is 0 Å². The van der Waals surface area contributed by atoms with Crippen LogP contribution in [0.1, 0.15) is 31.7 Å². The zero-order valence-corrected chi connectivity index (χ0v) is 12.9. The molecule has 0 saturated heterocycles. The van der Waals surface area contributed by atoms with Gasteiger partial charge in [0.2, 0.25) is 5.91 Å². The van der Waals surface area contributed by atoms with E-state index in [0.29, 0.717) is 13.0 Å². The summed E-state index contributed by atoms with van der Waals surface area (Å²) < 4.78 is 0. The number of halogens is 1. The summed E-state index contributed by atoms with van der Waals surface area (Å²) in [4.78, 5) is 13.8. The van der Waals surface area contributed by atoms with Crippen LogP contribution in [-0.2, 0) is 4.79 Å². The molecule has 0 bridgehead atoms. The fourth-order valence-corrected chi connectivity index (χ4v) is 2.14. The van der Waals surface area contributed by atoms with Crippen LogP contribution >= 0.6 is 11.6 Å². The highest BCUT2D eigenvalue weighted by atomic mass is 35.5. The van der Waals surface area contributed by atoms with E-state index in [4.69, 9.17) is 11.6 Å². The van der Waals surface area contributed by atoms with Crippen LogP contribution in [-0.4, -0.2) is 37.5 Å². The summed E-state index contributed by atoms with van der Waals surface area (Å²) in [6, 6.07) is 7.99. The minimum Gasteiger partial charge on any atom is -0.342 e. The van der Waals surface area contributed by atoms with Crippen molar-refractivity contribution in [2.24, 2.45) is 0 Å². The first kappa shape index (κ1) is 16.0. The quantitative estimate of drug-likeness (QED) is 0.870. The Hall–Kier alpha value is -1.06. The maximum absolute atomic E-state index is 12.0. The molecule has 2 unspecified atom stereocenters. The molecule has 19 heavy (non-hydrogen) atoms. The zero-order valence-electron chi connectivity index (χ0n) is 12.1. The number of carbonyl (C=O) groups is 1. The van der Waals surface area contributed by atoms with E-state index < -0.39 is 0 Å². The third-order valence-electron chi connectivity index (χ3n) is 3.71. The van der Waals surface area contributed by atoms with Crippen molar-refractivity contribution in [2.45, 2.75) is 32.2 Å². The van der Waals surface area contributed by atoms with Gasteiger partial charge in [0.1, 0.15) is 0 Å². The summed E-state index contributed by atoms with van der Waals surface area (Å²) in [5.74, 6) is 0.448. The van der Waals surface area contributed by atoms with Crippen molar-refractivity contribution in [1.29, 1.82) is 0 Å². The minimum atomic E-state index is 0.158. The van der Waals surface area contributed by atoms with E-state index in [1.54, 1.807) is 0 Å². The predicted octanol–water partition coefficient (Wildman–Crippen LogP) is 2.90. The van der Waals surface area contributed by atoms with E-state index in [-0.39, 0.29) is 17.9 Å². The van der Waals surface area contributed by atoms with Crippen LogP contribution < -0.4 is 5.32 Å². The molecule has 0 aliphatic heterocycles. The third kappa shape index (κ3) is 4.51. The first-order chi connectivity index (χ1) is 8.97. The van der Waals surface area contributed by atoms with Crippen molar-refractivity contribution in [3.63, 3.8) is 0 Å². The van der Waals surface area contributed by atoms with Crippen molar-refractivity contribution in [3.05, 3.63) is 34.9 Å². The zero-order chi connectivity index (χ0) is 14.4. The van der Waals surface area contributed by atoms with E-state index in [9.17, 15) is 4.79 Å². The number of hydrogen-bond acceptors (Lipinski definition) is 2. The number of nitrogens with one attached hydrogen (secondary N) is 1. The van der Waals surface area contributed by atoms with Gasteiger partial charge in [-0.2, -0.15) is 0 Å². The Kier molecular flexibility index (Phi) is 6.32. The Bertz CT molecular complexity index is 405. The van der Waals surface area contributed by atoms with E-state index in [1.165, 1.54) is 5.56 Å². The van der Waals surface area contributed by atoms with Crippen molar-refractivity contribution in [1.82, 2.24) is 10.2 Å². The molecule has 0 radical (unpaired) electrons. The molecular weight excluding hydrogens is 260 g/mol. The molecule has 4 heteroatoms. The van der Waals surface area contributed by atoms with Crippen molar-refractivity contribution in [2.75, 3.05) is 20.6 Å². The Labute approximate surface area is 120 Å². The summed E-state index contributed by atoms with van der Waals surface area (Å²) in [6.07, 6.45) is 0.532. The van der Waals surface area contributed by atoms with Crippen molar-refractivity contribution >= 4 is 17.5 Å². The Balaban J connectivity index is 2.67. The monoisotopic (exact) mass is 282 g/mol. The van der Waals surface area contributed by atoms with Gasteiger partial charge < -0.3 is 10.2 Å². The number of amides is 1. The molecular formula is C15H23ClN2O. The van der Waals surface area contributed by atoms with Crippen LogP contribution in [0.25, 0.3) is 0 Å². The minimum absolute atomic E-state index is 0.158. The number of hydrogen-bond donors (Lipinski definition) is 1. The highest BCUT2D eigenvalue weighted by molar-refractivity contribution is 6.30. The van der Waals surface area contributed by atoms with Crippen LogP contribution in [0.3, 0.4) is 0 Å². The average Bonchev–Trinajstić information content (AvgIpc) is 2.43. The number of nitrogens with zero attached hydrogens (tertiary/aromatic N) is 1. The molecule has 0 fully saturated rings. The van der Waals surface area contributed by atoms with Gasteiger partial charge in [0.05, 0.1) is 0 Å². The van der Waals surface area contributed by atoms with Gasteiger partial charge in [0, 0.05) is 37.0 Å². The fourth-order valence-electron chi connectivity index (χ4n) is 2.02. The second-order valence-corrected chi connectivity index (χ2v) is 5.38. The van der Waals surface area contributed by atoms with E-state index in [0.717, 1.165) is 5.02 Å². The third-order valence-corrected chi connectivity index (χ3v) is 3.96. The number of benzene rings is 1. The molecule has 0 spiro atoms. The molecule has 2 atom stereocenters. The summed E-state index contributed by atoms with van der Waals surface area (Å²) in [7, 11) is 3.72. The van der Waals surface area contributed by atoms with E-state index >= 15 is 0 Å².